The summed E-state index contributed by atoms with van der Waals surface area (Å²) in [5.74, 6) is -0.496. The van der Waals surface area contributed by atoms with E-state index in [1.54, 1.807) is 20.8 Å². The summed E-state index contributed by atoms with van der Waals surface area (Å²) in [6.07, 6.45) is 8.88. The molecule has 0 aromatic heterocycles. The maximum absolute atomic E-state index is 11.4. The maximum Gasteiger partial charge on any atom is 0.309 e. The number of aliphatic hydroxyl groups excluding tert-OH is 1. The second-order valence-corrected chi connectivity index (χ2v) is 8.48. The van der Waals surface area contributed by atoms with Crippen molar-refractivity contribution >= 4 is 11.8 Å². The van der Waals surface area contributed by atoms with Gasteiger partial charge in [0, 0.05) is 5.41 Å². The Hall–Kier alpha value is -0.900. The van der Waals surface area contributed by atoms with Crippen molar-refractivity contribution in [1.29, 1.82) is 0 Å². The zero-order chi connectivity index (χ0) is 18.8. The molecule has 1 unspecified atom stereocenters. The lowest BCUT2D eigenvalue weighted by molar-refractivity contribution is -0.147. The van der Waals surface area contributed by atoms with Gasteiger partial charge in [0.25, 0.3) is 0 Å². The van der Waals surface area contributed by atoms with Gasteiger partial charge >= 0.3 is 5.97 Å². The van der Waals surface area contributed by atoms with Crippen molar-refractivity contribution in [2.75, 3.05) is 0 Å². The van der Waals surface area contributed by atoms with Gasteiger partial charge in [-0.15, -0.1) is 0 Å². The number of carbonyl (C=O) groups is 2. The summed E-state index contributed by atoms with van der Waals surface area (Å²) < 4.78 is 0. The highest BCUT2D eigenvalue weighted by Crippen LogP contribution is 2.26. The molecule has 0 spiro atoms. The van der Waals surface area contributed by atoms with Gasteiger partial charge in [0.15, 0.2) is 0 Å². The summed E-state index contributed by atoms with van der Waals surface area (Å²) >= 11 is 0. The fourth-order valence-corrected chi connectivity index (χ4v) is 2.67. The van der Waals surface area contributed by atoms with Crippen molar-refractivity contribution in [3.8, 4) is 0 Å². The summed E-state index contributed by atoms with van der Waals surface area (Å²) in [6.45, 7) is 9.17. The maximum atomic E-state index is 11.4. The van der Waals surface area contributed by atoms with Gasteiger partial charge in [-0.25, -0.2) is 0 Å². The van der Waals surface area contributed by atoms with E-state index in [0.29, 0.717) is 6.42 Å². The van der Waals surface area contributed by atoms with E-state index in [0.717, 1.165) is 57.8 Å². The van der Waals surface area contributed by atoms with Crippen molar-refractivity contribution in [2.24, 2.45) is 10.8 Å². The van der Waals surface area contributed by atoms with Crippen LogP contribution in [0.15, 0.2) is 0 Å². The van der Waals surface area contributed by atoms with E-state index in [4.69, 9.17) is 5.11 Å². The molecule has 0 amide bonds. The van der Waals surface area contributed by atoms with E-state index >= 15 is 0 Å². The first-order valence-corrected chi connectivity index (χ1v) is 9.41. The van der Waals surface area contributed by atoms with Crippen LogP contribution >= 0.6 is 0 Å². The number of ketones is 1. The fraction of sp³-hybridized carbons (Fsp3) is 0.900. The summed E-state index contributed by atoms with van der Waals surface area (Å²) in [6, 6.07) is 0. The van der Waals surface area contributed by atoms with Gasteiger partial charge in [0.2, 0.25) is 0 Å². The second kappa shape index (κ2) is 10.9. The summed E-state index contributed by atoms with van der Waals surface area (Å²) in [4.78, 5) is 22.4. The highest BCUT2D eigenvalue weighted by Gasteiger charge is 2.26. The van der Waals surface area contributed by atoms with Gasteiger partial charge in [0.05, 0.1) is 11.5 Å². The van der Waals surface area contributed by atoms with E-state index in [9.17, 15) is 14.7 Å². The minimum Gasteiger partial charge on any atom is -0.481 e. The molecule has 1 atom stereocenters. The van der Waals surface area contributed by atoms with Crippen LogP contribution in [-0.2, 0) is 9.59 Å². The Morgan fingerprint density at radius 1 is 0.792 bits per heavy atom. The number of carbonyl (C=O) groups excluding carboxylic acids is 1. The Labute approximate surface area is 148 Å². The van der Waals surface area contributed by atoms with Gasteiger partial charge in [-0.05, 0) is 46.5 Å². The topological polar surface area (TPSA) is 74.6 Å². The minimum absolute atomic E-state index is 0.220. The number of carboxylic acid groups (broad SMARTS) is 1. The average Bonchev–Trinajstić information content (AvgIpc) is 2.45. The molecule has 24 heavy (non-hydrogen) atoms. The van der Waals surface area contributed by atoms with Crippen molar-refractivity contribution in [3.05, 3.63) is 0 Å². The molecule has 0 saturated carbocycles. The number of aliphatic carboxylic acids is 1. The van der Waals surface area contributed by atoms with Crippen LogP contribution in [0.1, 0.15) is 98.8 Å². The van der Waals surface area contributed by atoms with Crippen LogP contribution in [0.25, 0.3) is 0 Å². The number of unbranched alkanes of at least 4 members (excludes halogenated alkanes) is 4. The first kappa shape index (κ1) is 23.1. The molecule has 4 heteroatoms. The average molecular weight is 343 g/mol. The largest absolute Gasteiger partial charge is 0.481 e. The smallest absolute Gasteiger partial charge is 0.309 e. The van der Waals surface area contributed by atoms with Crippen molar-refractivity contribution in [1.82, 2.24) is 0 Å². The number of aliphatic hydroxyl groups is 1. The van der Waals surface area contributed by atoms with Gasteiger partial charge in [-0.3, -0.25) is 9.59 Å². The second-order valence-electron chi connectivity index (χ2n) is 8.48. The fourth-order valence-electron chi connectivity index (χ4n) is 2.67. The predicted octanol–water partition coefficient (Wildman–Crippen LogP) is 4.97. The lowest BCUT2D eigenvalue weighted by Gasteiger charge is -2.20. The number of carboxylic acids is 1. The molecular weight excluding hydrogens is 304 g/mol. The third-order valence-electron chi connectivity index (χ3n) is 5.21. The molecule has 0 aliphatic rings. The Kier molecular flexibility index (Phi) is 10.5. The van der Waals surface area contributed by atoms with Crippen LogP contribution < -0.4 is 0 Å². The molecule has 0 aliphatic heterocycles. The first-order chi connectivity index (χ1) is 11.0. The van der Waals surface area contributed by atoms with Crippen LogP contribution in [0.2, 0.25) is 0 Å². The van der Waals surface area contributed by atoms with Crippen LogP contribution in [-0.4, -0.2) is 28.1 Å². The highest BCUT2D eigenvalue weighted by molar-refractivity contribution is 5.81. The molecule has 0 aliphatic carbocycles. The van der Waals surface area contributed by atoms with E-state index in [1.165, 1.54) is 0 Å². The molecule has 4 nitrogen and oxygen atoms in total. The van der Waals surface area contributed by atoms with Gasteiger partial charge < -0.3 is 10.2 Å². The number of Topliss-reactive ketones (excluding diaryl/α,β-unsaturated/α-hetero) is 1. The molecule has 0 radical (unpaired) electrons. The lowest BCUT2D eigenvalue weighted by atomic mass is 9.83. The van der Waals surface area contributed by atoms with E-state index in [2.05, 4.69) is 0 Å². The van der Waals surface area contributed by atoms with Crippen molar-refractivity contribution in [2.45, 2.75) is 105 Å². The lowest BCUT2D eigenvalue weighted by Crippen LogP contribution is -2.23. The van der Waals surface area contributed by atoms with Gasteiger partial charge in [0.1, 0.15) is 5.78 Å². The van der Waals surface area contributed by atoms with Crippen LogP contribution in [0.4, 0.5) is 0 Å². The van der Waals surface area contributed by atoms with Crippen LogP contribution in [0.3, 0.4) is 0 Å². The Morgan fingerprint density at radius 3 is 1.58 bits per heavy atom. The number of hydrogen-bond donors (Lipinski definition) is 2. The van der Waals surface area contributed by atoms with E-state index in [1.807, 2.05) is 13.8 Å². The minimum atomic E-state index is -0.740. The zero-order valence-corrected chi connectivity index (χ0v) is 16.4. The Morgan fingerprint density at radius 2 is 1.21 bits per heavy atom. The Balaban J connectivity index is 3.63. The molecule has 142 valence electrons. The van der Waals surface area contributed by atoms with Crippen LogP contribution in [0.5, 0.6) is 0 Å². The Bertz CT molecular complexity index is 349. The third kappa shape index (κ3) is 10.1. The number of hydrogen-bond acceptors (Lipinski definition) is 3. The molecule has 0 saturated heterocycles. The summed E-state index contributed by atoms with van der Waals surface area (Å²) in [5, 5.41) is 19.0. The normalized spacial score (nSPS) is 13.8. The van der Waals surface area contributed by atoms with E-state index in [-0.39, 0.29) is 17.3 Å². The SMILES string of the molecule is CC(=O)C(C)(C)CCCCCC(O)CCCCCC(C)(C)C(=O)O. The monoisotopic (exact) mass is 342 g/mol. The predicted molar refractivity (Wildman–Crippen MR) is 98.1 cm³/mol. The zero-order valence-electron chi connectivity index (χ0n) is 16.4. The summed E-state index contributed by atoms with van der Waals surface area (Å²) in [7, 11) is 0. The van der Waals surface area contributed by atoms with Gasteiger partial charge in [-0.2, -0.15) is 0 Å². The van der Waals surface area contributed by atoms with Gasteiger partial charge in [-0.1, -0.05) is 52.4 Å². The quantitative estimate of drug-likeness (QED) is 0.437. The standard InChI is InChI=1S/C20H38O4/c1-16(21)19(2,3)14-10-6-8-12-17(22)13-9-7-11-15-20(4,5)18(23)24/h17,22H,6-15H2,1-5H3,(H,23,24). The summed E-state index contributed by atoms with van der Waals surface area (Å²) in [5.41, 5.74) is -0.866. The molecule has 0 heterocycles. The first-order valence-electron chi connectivity index (χ1n) is 9.41. The molecule has 0 aromatic carbocycles. The molecular formula is C20H38O4. The molecule has 0 rings (SSSR count). The third-order valence-corrected chi connectivity index (χ3v) is 5.21. The highest BCUT2D eigenvalue weighted by atomic mass is 16.4. The van der Waals surface area contributed by atoms with E-state index < -0.39 is 11.4 Å². The number of rotatable bonds is 14. The van der Waals surface area contributed by atoms with Crippen molar-refractivity contribution in [3.63, 3.8) is 0 Å². The van der Waals surface area contributed by atoms with Crippen LogP contribution in [0, 0.1) is 10.8 Å². The molecule has 0 aromatic rings. The molecule has 0 bridgehead atoms. The van der Waals surface area contributed by atoms with Crippen molar-refractivity contribution < 1.29 is 19.8 Å². The molecule has 2 N–H and O–H groups in total. The molecule has 0 fully saturated rings.